The van der Waals surface area contributed by atoms with Gasteiger partial charge in [0.25, 0.3) is 0 Å². The molecule has 1 fully saturated rings. The third-order valence-electron chi connectivity index (χ3n) is 6.74. The summed E-state index contributed by atoms with van der Waals surface area (Å²) in [5, 5.41) is 23.6. The first-order chi connectivity index (χ1) is 16.3. The highest BCUT2D eigenvalue weighted by Crippen LogP contribution is 2.35. The first-order valence-corrected chi connectivity index (χ1v) is 12.4. The smallest absolute Gasteiger partial charge is 0.125 e. The van der Waals surface area contributed by atoms with E-state index in [2.05, 4.69) is 17.0 Å². The molecule has 3 aromatic carbocycles. The van der Waals surface area contributed by atoms with E-state index in [-0.39, 0.29) is 6.04 Å². The Kier molecular flexibility index (Phi) is 8.18. The molecule has 34 heavy (non-hydrogen) atoms. The van der Waals surface area contributed by atoms with Crippen LogP contribution in [0.5, 0.6) is 5.75 Å². The molecule has 0 saturated carbocycles. The number of likely N-dealkylation sites (tertiary alicyclic amines) is 1. The van der Waals surface area contributed by atoms with E-state index in [0.717, 1.165) is 11.1 Å². The molecule has 4 rings (SSSR count). The summed E-state index contributed by atoms with van der Waals surface area (Å²) in [7, 11) is 0. The minimum absolute atomic E-state index is 0.155. The van der Waals surface area contributed by atoms with Crippen molar-refractivity contribution in [3.8, 4) is 5.75 Å². The van der Waals surface area contributed by atoms with Crippen molar-refractivity contribution in [2.75, 3.05) is 13.1 Å². The monoisotopic (exact) mass is 499 g/mol. The first kappa shape index (κ1) is 25.0. The number of aliphatic hydroxyl groups is 2. The molecule has 2 N–H and O–H groups in total. The SMILES string of the molecule is CC(C(O)c1cc(Cl)ccc1OCc1ccc(Cl)cc1)N1CCC(O)(Cc2ccccc2)CC1. The van der Waals surface area contributed by atoms with Crippen molar-refractivity contribution >= 4 is 23.2 Å². The number of halogens is 2. The van der Waals surface area contributed by atoms with Gasteiger partial charge in [0, 0.05) is 41.2 Å². The summed E-state index contributed by atoms with van der Waals surface area (Å²) < 4.78 is 6.06. The molecule has 2 unspecified atom stereocenters. The number of hydrogen-bond donors (Lipinski definition) is 2. The van der Waals surface area contributed by atoms with Gasteiger partial charge in [-0.25, -0.2) is 0 Å². The maximum atomic E-state index is 11.3. The lowest BCUT2D eigenvalue weighted by molar-refractivity contribution is -0.0459. The molecule has 6 heteroatoms. The maximum Gasteiger partial charge on any atom is 0.125 e. The van der Waals surface area contributed by atoms with Crippen LogP contribution in [-0.4, -0.2) is 39.8 Å². The van der Waals surface area contributed by atoms with Crippen LogP contribution in [0.2, 0.25) is 10.0 Å². The molecule has 0 amide bonds. The lowest BCUT2D eigenvalue weighted by atomic mass is 9.84. The largest absolute Gasteiger partial charge is 0.489 e. The van der Waals surface area contributed by atoms with Crippen molar-refractivity contribution < 1.29 is 14.9 Å². The number of piperidine rings is 1. The number of benzene rings is 3. The lowest BCUT2D eigenvalue weighted by Gasteiger charge is -2.42. The maximum absolute atomic E-state index is 11.3. The van der Waals surface area contributed by atoms with E-state index in [0.29, 0.717) is 60.3 Å². The van der Waals surface area contributed by atoms with E-state index in [1.54, 1.807) is 18.2 Å². The predicted molar refractivity (Wildman–Crippen MR) is 138 cm³/mol. The topological polar surface area (TPSA) is 52.9 Å². The molecule has 0 spiro atoms. The molecule has 1 aliphatic heterocycles. The fraction of sp³-hybridized carbons (Fsp3) is 0.357. The number of aliphatic hydroxyl groups excluding tert-OH is 1. The van der Waals surface area contributed by atoms with E-state index >= 15 is 0 Å². The van der Waals surface area contributed by atoms with Crippen LogP contribution in [-0.2, 0) is 13.0 Å². The average Bonchev–Trinajstić information content (AvgIpc) is 2.84. The van der Waals surface area contributed by atoms with Gasteiger partial charge in [-0.1, -0.05) is 65.7 Å². The number of rotatable bonds is 8. The van der Waals surface area contributed by atoms with Crippen LogP contribution in [0.15, 0.2) is 72.8 Å². The normalized spacial score (nSPS) is 17.8. The second-order valence-corrected chi connectivity index (χ2v) is 10.1. The predicted octanol–water partition coefficient (Wildman–Crippen LogP) is 6.06. The van der Waals surface area contributed by atoms with E-state index < -0.39 is 11.7 Å². The van der Waals surface area contributed by atoms with Crippen molar-refractivity contribution in [2.45, 2.75) is 50.5 Å². The molecule has 0 radical (unpaired) electrons. The second-order valence-electron chi connectivity index (χ2n) is 9.21. The van der Waals surface area contributed by atoms with Gasteiger partial charge < -0.3 is 14.9 Å². The van der Waals surface area contributed by atoms with Gasteiger partial charge in [-0.3, -0.25) is 4.90 Å². The lowest BCUT2D eigenvalue weighted by Crippen LogP contribution is -2.50. The molecule has 0 aromatic heterocycles. The molecule has 180 valence electrons. The molecular formula is C28H31Cl2NO3. The number of hydrogen-bond acceptors (Lipinski definition) is 4. The molecule has 2 atom stereocenters. The van der Waals surface area contributed by atoms with Gasteiger partial charge in [-0.15, -0.1) is 0 Å². The van der Waals surface area contributed by atoms with E-state index in [4.69, 9.17) is 27.9 Å². The minimum Gasteiger partial charge on any atom is -0.489 e. The average molecular weight is 500 g/mol. The van der Waals surface area contributed by atoms with Crippen molar-refractivity contribution in [1.29, 1.82) is 0 Å². The van der Waals surface area contributed by atoms with Gasteiger partial charge in [0.05, 0.1) is 11.7 Å². The van der Waals surface area contributed by atoms with E-state index in [1.807, 2.05) is 49.4 Å². The second kappa shape index (κ2) is 11.1. The van der Waals surface area contributed by atoms with Crippen LogP contribution in [0.1, 0.15) is 42.6 Å². The molecule has 1 aliphatic rings. The zero-order valence-electron chi connectivity index (χ0n) is 19.3. The van der Waals surface area contributed by atoms with Gasteiger partial charge in [0.1, 0.15) is 12.4 Å². The van der Waals surface area contributed by atoms with Gasteiger partial charge >= 0.3 is 0 Å². The highest BCUT2D eigenvalue weighted by Gasteiger charge is 2.36. The van der Waals surface area contributed by atoms with Crippen LogP contribution in [0, 0.1) is 0 Å². The molecule has 0 aliphatic carbocycles. The van der Waals surface area contributed by atoms with Crippen LogP contribution < -0.4 is 4.74 Å². The van der Waals surface area contributed by atoms with Crippen molar-refractivity contribution in [3.63, 3.8) is 0 Å². The fourth-order valence-electron chi connectivity index (χ4n) is 4.58. The quantitative estimate of drug-likeness (QED) is 0.395. The summed E-state index contributed by atoms with van der Waals surface area (Å²) >= 11 is 12.2. The Balaban J connectivity index is 1.40. The summed E-state index contributed by atoms with van der Waals surface area (Å²) in [5.74, 6) is 0.608. The zero-order valence-corrected chi connectivity index (χ0v) is 20.8. The van der Waals surface area contributed by atoms with Gasteiger partial charge in [-0.05, 0) is 61.2 Å². The van der Waals surface area contributed by atoms with Gasteiger partial charge in [0.15, 0.2) is 0 Å². The third kappa shape index (κ3) is 6.32. The van der Waals surface area contributed by atoms with Crippen molar-refractivity contribution in [3.05, 3.63) is 99.5 Å². The summed E-state index contributed by atoms with van der Waals surface area (Å²) in [5.41, 5.74) is 2.08. The Morgan fingerprint density at radius 2 is 1.56 bits per heavy atom. The fourth-order valence-corrected chi connectivity index (χ4v) is 4.89. The Hall–Kier alpha value is -2.08. The zero-order chi connectivity index (χ0) is 24.1. The third-order valence-corrected chi connectivity index (χ3v) is 7.22. The Bertz CT molecular complexity index is 1070. The Labute approximate surface area is 211 Å². The standard InChI is InChI=1S/C28H31Cl2NO3/c1-20(31-15-13-28(33,14-16-31)18-21-5-3-2-4-6-21)27(32)25-17-24(30)11-12-26(25)34-19-22-7-9-23(29)10-8-22/h2-12,17,20,27,32-33H,13-16,18-19H2,1H3. The molecule has 1 saturated heterocycles. The van der Waals surface area contributed by atoms with Gasteiger partial charge in [-0.2, -0.15) is 0 Å². The van der Waals surface area contributed by atoms with Crippen molar-refractivity contribution in [1.82, 2.24) is 4.90 Å². The summed E-state index contributed by atoms with van der Waals surface area (Å²) in [6.45, 7) is 3.80. The van der Waals surface area contributed by atoms with Crippen LogP contribution in [0.25, 0.3) is 0 Å². The number of nitrogens with zero attached hydrogens (tertiary/aromatic N) is 1. The van der Waals surface area contributed by atoms with Crippen LogP contribution >= 0.6 is 23.2 Å². The van der Waals surface area contributed by atoms with Gasteiger partial charge in [0.2, 0.25) is 0 Å². The van der Waals surface area contributed by atoms with E-state index in [1.165, 1.54) is 0 Å². The summed E-state index contributed by atoms with van der Waals surface area (Å²) in [6.07, 6.45) is 1.19. The molecular weight excluding hydrogens is 469 g/mol. The van der Waals surface area contributed by atoms with Crippen molar-refractivity contribution in [2.24, 2.45) is 0 Å². The van der Waals surface area contributed by atoms with Crippen LogP contribution in [0.4, 0.5) is 0 Å². The minimum atomic E-state index is -0.778. The summed E-state index contributed by atoms with van der Waals surface area (Å²) in [6, 6.07) is 22.8. The summed E-state index contributed by atoms with van der Waals surface area (Å²) in [4.78, 5) is 2.23. The molecule has 0 bridgehead atoms. The molecule has 4 nitrogen and oxygen atoms in total. The highest BCUT2D eigenvalue weighted by molar-refractivity contribution is 6.30. The Morgan fingerprint density at radius 1 is 0.912 bits per heavy atom. The molecule has 3 aromatic rings. The van der Waals surface area contributed by atoms with E-state index in [9.17, 15) is 10.2 Å². The number of ether oxygens (including phenoxy) is 1. The highest BCUT2D eigenvalue weighted by atomic mass is 35.5. The molecule has 1 heterocycles. The first-order valence-electron chi connectivity index (χ1n) is 11.7. The Morgan fingerprint density at radius 3 is 2.24 bits per heavy atom. The van der Waals surface area contributed by atoms with Crippen LogP contribution in [0.3, 0.4) is 0 Å².